The number of likely N-dealkylation sites (tertiary alicyclic amines) is 1. The Labute approximate surface area is 202 Å². The lowest BCUT2D eigenvalue weighted by Gasteiger charge is -2.16. The number of nitrogens with one attached hydrogen (secondary N) is 1. The molecule has 2 N–H and O–H groups in total. The maximum absolute atomic E-state index is 14.4. The van der Waals surface area contributed by atoms with Gasteiger partial charge in [0, 0.05) is 29.6 Å². The normalized spacial score (nSPS) is 17.8. The zero-order chi connectivity index (χ0) is 25.6. The average Bonchev–Trinajstić information content (AvgIpc) is 3.49. The summed E-state index contributed by atoms with van der Waals surface area (Å²) in [6, 6.07) is 6.64. The van der Waals surface area contributed by atoms with Gasteiger partial charge in [0.05, 0.1) is 24.8 Å². The van der Waals surface area contributed by atoms with E-state index in [-0.39, 0.29) is 24.5 Å². The number of alkyl halides is 3. The van der Waals surface area contributed by atoms with E-state index in [0.29, 0.717) is 33.2 Å². The van der Waals surface area contributed by atoms with E-state index in [1.165, 1.54) is 0 Å². The first-order valence-electron chi connectivity index (χ1n) is 10.9. The fourth-order valence-corrected chi connectivity index (χ4v) is 4.13. The number of anilines is 2. The number of aryl methyl sites for hydroxylation is 2. The van der Waals surface area contributed by atoms with Gasteiger partial charge in [-0.25, -0.2) is 23.7 Å². The first-order chi connectivity index (χ1) is 17.2. The molecule has 188 valence electrons. The lowest BCUT2D eigenvalue weighted by Crippen LogP contribution is -2.29. The Kier molecular flexibility index (Phi) is 5.86. The molecular weight excluding hydrogens is 481 g/mol. The van der Waals surface area contributed by atoms with Crippen LogP contribution in [-0.4, -0.2) is 70.8 Å². The summed E-state index contributed by atoms with van der Waals surface area (Å²) < 4.78 is 49.6. The van der Waals surface area contributed by atoms with Crippen molar-refractivity contribution in [2.24, 2.45) is 0 Å². The van der Waals surface area contributed by atoms with E-state index in [0.717, 1.165) is 16.8 Å². The number of halogens is 3. The Hall–Kier alpha value is -4.36. The number of nitrogens with zero attached hydrogens (tertiary/aromatic N) is 7. The number of carbonyl (C=O) groups is 1. The van der Waals surface area contributed by atoms with Crippen molar-refractivity contribution >= 4 is 23.2 Å². The van der Waals surface area contributed by atoms with Crippen molar-refractivity contribution in [3.05, 3.63) is 48.2 Å². The van der Waals surface area contributed by atoms with Gasteiger partial charge in [0.1, 0.15) is 23.4 Å². The van der Waals surface area contributed by atoms with Gasteiger partial charge in [0.15, 0.2) is 17.7 Å². The second-order valence-electron chi connectivity index (χ2n) is 8.32. The van der Waals surface area contributed by atoms with E-state index < -0.39 is 24.9 Å². The van der Waals surface area contributed by atoms with Gasteiger partial charge >= 0.3 is 12.6 Å². The standard InChI is InChI=1S/C22H21F3N8O3/c1-11-5-18(28-12(2)27-11)29-19-7-14-6-13(3-4-32(14)30-19)20-16(8-26-33(20)21(24)25)36-17-10-31(22(34)35)9-15(17)23/h3-8,15,17,21H,9-10H2,1-2H3,(H,34,35)(H,27,28,29,30)/t15-,17+/m0/s1. The monoisotopic (exact) mass is 502 g/mol. The predicted molar refractivity (Wildman–Crippen MR) is 121 cm³/mol. The molecule has 1 aliphatic heterocycles. The molecule has 5 rings (SSSR count). The quantitative estimate of drug-likeness (QED) is 0.408. The minimum atomic E-state index is -2.99. The van der Waals surface area contributed by atoms with Crippen LogP contribution in [0.1, 0.15) is 18.1 Å². The van der Waals surface area contributed by atoms with Crippen molar-refractivity contribution in [3.63, 3.8) is 0 Å². The molecule has 0 aromatic carbocycles. The number of rotatable bonds is 6. The number of ether oxygens (including phenoxy) is 1. The first-order valence-corrected chi connectivity index (χ1v) is 10.9. The van der Waals surface area contributed by atoms with Crippen LogP contribution in [0, 0.1) is 13.8 Å². The minimum Gasteiger partial charge on any atom is -0.481 e. The summed E-state index contributed by atoms with van der Waals surface area (Å²) >= 11 is 0. The summed E-state index contributed by atoms with van der Waals surface area (Å²) in [4.78, 5) is 20.6. The number of hydrogen-bond donors (Lipinski definition) is 2. The second kappa shape index (κ2) is 9.02. The Morgan fingerprint density at radius 1 is 1.19 bits per heavy atom. The van der Waals surface area contributed by atoms with E-state index >= 15 is 0 Å². The fraction of sp³-hybridized carbons (Fsp3) is 0.318. The Balaban J connectivity index is 1.46. The van der Waals surface area contributed by atoms with Crippen LogP contribution in [0.15, 0.2) is 36.7 Å². The topological polar surface area (TPSA) is 123 Å². The number of aromatic nitrogens is 6. The lowest BCUT2D eigenvalue weighted by molar-refractivity contribution is 0.0580. The molecule has 11 nitrogen and oxygen atoms in total. The van der Waals surface area contributed by atoms with Gasteiger partial charge in [0.2, 0.25) is 0 Å². The van der Waals surface area contributed by atoms with Gasteiger partial charge < -0.3 is 20.1 Å². The van der Waals surface area contributed by atoms with Gasteiger partial charge in [0.25, 0.3) is 0 Å². The third-order valence-corrected chi connectivity index (χ3v) is 5.65. The van der Waals surface area contributed by atoms with E-state index in [4.69, 9.17) is 9.84 Å². The van der Waals surface area contributed by atoms with Crippen molar-refractivity contribution < 1.29 is 27.8 Å². The van der Waals surface area contributed by atoms with Crippen molar-refractivity contribution in [2.45, 2.75) is 32.7 Å². The van der Waals surface area contributed by atoms with E-state index in [1.807, 2.05) is 6.92 Å². The highest BCUT2D eigenvalue weighted by Crippen LogP contribution is 2.35. The molecule has 1 amide bonds. The number of carboxylic acid groups (broad SMARTS) is 1. The molecule has 0 unspecified atom stereocenters. The number of hydrogen-bond acceptors (Lipinski definition) is 7. The molecule has 0 bridgehead atoms. The van der Waals surface area contributed by atoms with Gasteiger partial charge in [-0.3, -0.25) is 0 Å². The van der Waals surface area contributed by atoms with Crippen LogP contribution in [0.5, 0.6) is 5.75 Å². The van der Waals surface area contributed by atoms with Crippen LogP contribution in [0.25, 0.3) is 16.8 Å². The smallest absolute Gasteiger partial charge is 0.407 e. The van der Waals surface area contributed by atoms with Crippen LogP contribution in [-0.2, 0) is 0 Å². The number of amides is 1. The minimum absolute atomic E-state index is 0.0637. The number of fused-ring (bicyclic) bond motifs is 1. The fourth-order valence-electron chi connectivity index (χ4n) is 4.13. The van der Waals surface area contributed by atoms with Crippen LogP contribution >= 0.6 is 0 Å². The summed E-state index contributed by atoms with van der Waals surface area (Å²) in [5.41, 5.74) is 1.63. The van der Waals surface area contributed by atoms with Gasteiger partial charge in [-0.05, 0) is 26.0 Å². The molecule has 2 atom stereocenters. The average molecular weight is 502 g/mol. The molecule has 0 radical (unpaired) electrons. The molecule has 4 aromatic rings. The Morgan fingerprint density at radius 3 is 2.69 bits per heavy atom. The van der Waals surface area contributed by atoms with E-state index in [9.17, 15) is 18.0 Å². The van der Waals surface area contributed by atoms with E-state index in [1.54, 1.807) is 41.9 Å². The van der Waals surface area contributed by atoms with Crippen molar-refractivity contribution in [3.8, 4) is 17.0 Å². The first kappa shape index (κ1) is 23.4. The summed E-state index contributed by atoms with van der Waals surface area (Å²) in [6.45, 7) is 0.0449. The van der Waals surface area contributed by atoms with Crippen molar-refractivity contribution in [2.75, 3.05) is 18.4 Å². The maximum atomic E-state index is 14.4. The third-order valence-electron chi connectivity index (χ3n) is 5.65. The summed E-state index contributed by atoms with van der Waals surface area (Å²) in [5, 5.41) is 20.3. The molecule has 36 heavy (non-hydrogen) atoms. The van der Waals surface area contributed by atoms with Crippen LogP contribution in [0.2, 0.25) is 0 Å². The van der Waals surface area contributed by atoms with Crippen molar-refractivity contribution in [1.82, 2.24) is 34.3 Å². The van der Waals surface area contributed by atoms with Gasteiger partial charge in [-0.2, -0.15) is 23.7 Å². The van der Waals surface area contributed by atoms with Crippen LogP contribution < -0.4 is 10.1 Å². The van der Waals surface area contributed by atoms with Crippen LogP contribution in [0.3, 0.4) is 0 Å². The second-order valence-corrected chi connectivity index (χ2v) is 8.32. The molecule has 0 aliphatic carbocycles. The SMILES string of the molecule is Cc1cc(Nc2cc3cc(-c4c(O[C@@H]5CN(C(=O)O)C[C@@H]5F)cnn4C(F)F)ccn3n2)nc(C)n1. The Morgan fingerprint density at radius 2 is 2.00 bits per heavy atom. The van der Waals surface area contributed by atoms with Gasteiger partial charge in [-0.1, -0.05) is 0 Å². The molecular formula is C22H21F3N8O3. The summed E-state index contributed by atoms with van der Waals surface area (Å²) in [5.74, 6) is 1.55. The largest absolute Gasteiger partial charge is 0.481 e. The zero-order valence-corrected chi connectivity index (χ0v) is 19.1. The van der Waals surface area contributed by atoms with E-state index in [2.05, 4.69) is 25.5 Å². The predicted octanol–water partition coefficient (Wildman–Crippen LogP) is 3.82. The summed E-state index contributed by atoms with van der Waals surface area (Å²) in [6.07, 6.45) is -1.38. The third kappa shape index (κ3) is 4.48. The lowest BCUT2D eigenvalue weighted by atomic mass is 10.1. The highest BCUT2D eigenvalue weighted by molar-refractivity contribution is 5.73. The maximum Gasteiger partial charge on any atom is 0.407 e. The Bertz CT molecular complexity index is 1420. The molecule has 0 saturated carbocycles. The van der Waals surface area contributed by atoms with Crippen LogP contribution in [0.4, 0.5) is 29.6 Å². The molecule has 5 heterocycles. The zero-order valence-electron chi connectivity index (χ0n) is 19.1. The molecule has 1 fully saturated rings. The molecule has 1 aliphatic rings. The molecule has 4 aromatic heterocycles. The molecule has 14 heteroatoms. The highest BCUT2D eigenvalue weighted by Gasteiger charge is 2.38. The molecule has 0 spiro atoms. The van der Waals surface area contributed by atoms with Crippen molar-refractivity contribution in [1.29, 1.82) is 0 Å². The highest BCUT2D eigenvalue weighted by atomic mass is 19.3. The molecule has 1 saturated heterocycles. The van der Waals surface area contributed by atoms with Gasteiger partial charge in [-0.15, -0.1) is 0 Å². The summed E-state index contributed by atoms with van der Waals surface area (Å²) in [7, 11) is 0. The number of pyridine rings is 1.